The minimum Gasteiger partial charge on any atom is -0.487 e. The van der Waals surface area contributed by atoms with E-state index in [9.17, 15) is 18.4 Å². The van der Waals surface area contributed by atoms with Crippen molar-refractivity contribution in [2.24, 2.45) is 5.92 Å². The smallest absolute Gasteiger partial charge is 0.272 e. The molecule has 0 bridgehead atoms. The lowest BCUT2D eigenvalue weighted by Gasteiger charge is -2.13. The van der Waals surface area contributed by atoms with E-state index in [1.54, 1.807) is 31.2 Å². The molecule has 8 heteroatoms. The van der Waals surface area contributed by atoms with Gasteiger partial charge in [-0.1, -0.05) is 12.1 Å². The standard InChI is InChI=1S/C20H21F2N3O3/c1-12-15(3-2-4-16(12)28-11-17(21)22)10-24-19(26)14-7-8-23-18(9-14)25-20(27)13-5-6-13/h2-4,7-9,13,17H,5-6,10-11H2,1H3,(H,24,26)(H,23,25,27). The van der Waals surface area contributed by atoms with Crippen LogP contribution in [0, 0.1) is 12.8 Å². The molecule has 1 aliphatic rings. The number of hydrogen-bond donors (Lipinski definition) is 2. The number of rotatable bonds is 8. The first-order chi connectivity index (χ1) is 13.4. The largest absolute Gasteiger partial charge is 0.487 e. The average Bonchev–Trinajstić information content (AvgIpc) is 3.51. The molecule has 6 nitrogen and oxygen atoms in total. The third kappa shape index (κ3) is 5.25. The van der Waals surface area contributed by atoms with Gasteiger partial charge in [-0.25, -0.2) is 13.8 Å². The van der Waals surface area contributed by atoms with Crippen molar-refractivity contribution in [1.82, 2.24) is 10.3 Å². The van der Waals surface area contributed by atoms with Gasteiger partial charge in [0, 0.05) is 24.2 Å². The number of carbonyl (C=O) groups is 2. The molecule has 28 heavy (non-hydrogen) atoms. The van der Waals surface area contributed by atoms with Crippen LogP contribution < -0.4 is 15.4 Å². The van der Waals surface area contributed by atoms with Gasteiger partial charge in [-0.2, -0.15) is 0 Å². The lowest BCUT2D eigenvalue weighted by Crippen LogP contribution is -2.24. The molecule has 0 saturated heterocycles. The van der Waals surface area contributed by atoms with Gasteiger partial charge in [0.15, 0.2) is 0 Å². The fourth-order valence-corrected chi connectivity index (χ4v) is 2.65. The second-order valence-corrected chi connectivity index (χ2v) is 6.62. The number of carbonyl (C=O) groups excluding carboxylic acids is 2. The highest BCUT2D eigenvalue weighted by Crippen LogP contribution is 2.30. The molecule has 0 unspecified atom stereocenters. The van der Waals surface area contributed by atoms with Crippen molar-refractivity contribution >= 4 is 17.6 Å². The van der Waals surface area contributed by atoms with E-state index < -0.39 is 13.0 Å². The Bertz CT molecular complexity index is 870. The first-order valence-electron chi connectivity index (χ1n) is 8.98. The molecular formula is C20H21F2N3O3. The summed E-state index contributed by atoms with van der Waals surface area (Å²) in [6.45, 7) is 1.28. The van der Waals surface area contributed by atoms with Gasteiger partial charge in [-0.05, 0) is 49.1 Å². The third-order valence-corrected chi connectivity index (χ3v) is 4.42. The predicted octanol–water partition coefficient (Wildman–Crippen LogP) is 3.31. The molecule has 0 spiro atoms. The second-order valence-electron chi connectivity index (χ2n) is 6.62. The van der Waals surface area contributed by atoms with E-state index in [1.165, 1.54) is 12.3 Å². The van der Waals surface area contributed by atoms with E-state index in [0.717, 1.165) is 18.4 Å². The highest BCUT2D eigenvalue weighted by Gasteiger charge is 2.29. The van der Waals surface area contributed by atoms with Gasteiger partial charge in [-0.15, -0.1) is 0 Å². The van der Waals surface area contributed by atoms with Crippen LogP contribution in [0.4, 0.5) is 14.6 Å². The van der Waals surface area contributed by atoms with Crippen LogP contribution in [0.25, 0.3) is 0 Å². The van der Waals surface area contributed by atoms with Crippen LogP contribution in [-0.2, 0) is 11.3 Å². The number of anilines is 1. The van der Waals surface area contributed by atoms with Gasteiger partial charge < -0.3 is 15.4 Å². The number of amides is 2. The van der Waals surface area contributed by atoms with Crippen LogP contribution in [0.1, 0.15) is 34.3 Å². The molecule has 3 rings (SSSR count). The Labute approximate surface area is 161 Å². The van der Waals surface area contributed by atoms with Crippen LogP contribution in [0.15, 0.2) is 36.5 Å². The number of pyridine rings is 1. The maximum atomic E-state index is 12.4. The molecule has 1 aliphatic carbocycles. The maximum Gasteiger partial charge on any atom is 0.272 e. The normalized spacial score (nSPS) is 13.3. The van der Waals surface area contributed by atoms with Crippen LogP contribution in [0.5, 0.6) is 5.75 Å². The number of nitrogens with one attached hydrogen (secondary N) is 2. The van der Waals surface area contributed by atoms with Crippen molar-refractivity contribution in [3.63, 3.8) is 0 Å². The zero-order valence-electron chi connectivity index (χ0n) is 15.4. The fourth-order valence-electron chi connectivity index (χ4n) is 2.65. The lowest BCUT2D eigenvalue weighted by molar-refractivity contribution is -0.117. The first-order valence-corrected chi connectivity index (χ1v) is 8.98. The topological polar surface area (TPSA) is 80.3 Å². The molecule has 1 aromatic carbocycles. The molecule has 1 heterocycles. The molecule has 2 N–H and O–H groups in total. The summed E-state index contributed by atoms with van der Waals surface area (Å²) >= 11 is 0. The molecule has 0 aliphatic heterocycles. The van der Waals surface area contributed by atoms with Crippen molar-refractivity contribution in [2.75, 3.05) is 11.9 Å². The maximum absolute atomic E-state index is 12.4. The highest BCUT2D eigenvalue weighted by molar-refractivity contribution is 5.97. The summed E-state index contributed by atoms with van der Waals surface area (Å²) in [7, 11) is 0. The van der Waals surface area contributed by atoms with E-state index in [4.69, 9.17) is 4.74 Å². The molecule has 0 atom stereocenters. The van der Waals surface area contributed by atoms with E-state index in [0.29, 0.717) is 22.7 Å². The Balaban J connectivity index is 1.61. The summed E-state index contributed by atoms with van der Waals surface area (Å²) in [4.78, 5) is 28.3. The van der Waals surface area contributed by atoms with Gasteiger partial charge in [0.25, 0.3) is 12.3 Å². The number of aromatic nitrogens is 1. The monoisotopic (exact) mass is 389 g/mol. The van der Waals surface area contributed by atoms with Crippen LogP contribution in [0.3, 0.4) is 0 Å². The lowest BCUT2D eigenvalue weighted by atomic mass is 10.1. The Morgan fingerprint density at radius 3 is 2.79 bits per heavy atom. The first kappa shape index (κ1) is 19.7. The summed E-state index contributed by atoms with van der Waals surface area (Å²) < 4.78 is 29.8. The number of benzene rings is 1. The van der Waals surface area contributed by atoms with Crippen molar-refractivity contribution in [2.45, 2.75) is 32.7 Å². The average molecular weight is 389 g/mol. The summed E-state index contributed by atoms with van der Waals surface area (Å²) in [5, 5.41) is 5.49. The third-order valence-electron chi connectivity index (χ3n) is 4.42. The summed E-state index contributed by atoms with van der Waals surface area (Å²) in [5.41, 5.74) is 1.82. The Hall–Kier alpha value is -3.03. The fraction of sp³-hybridized carbons (Fsp3) is 0.350. The number of nitrogens with zero attached hydrogens (tertiary/aromatic N) is 1. The molecule has 148 valence electrons. The Morgan fingerprint density at radius 2 is 2.07 bits per heavy atom. The van der Waals surface area contributed by atoms with Crippen molar-refractivity contribution in [3.8, 4) is 5.75 Å². The number of halogens is 2. The number of alkyl halides is 2. The minimum atomic E-state index is -2.55. The van der Waals surface area contributed by atoms with Crippen molar-refractivity contribution in [1.29, 1.82) is 0 Å². The van der Waals surface area contributed by atoms with Crippen molar-refractivity contribution < 1.29 is 23.1 Å². The molecule has 1 saturated carbocycles. The molecule has 1 aromatic heterocycles. The zero-order valence-corrected chi connectivity index (χ0v) is 15.4. The van der Waals surface area contributed by atoms with Crippen molar-refractivity contribution in [3.05, 3.63) is 53.2 Å². The quantitative estimate of drug-likeness (QED) is 0.726. The Morgan fingerprint density at radius 1 is 1.29 bits per heavy atom. The predicted molar refractivity (Wildman–Crippen MR) is 99.4 cm³/mol. The number of ether oxygens (including phenoxy) is 1. The van der Waals surface area contributed by atoms with E-state index >= 15 is 0 Å². The molecular weight excluding hydrogens is 368 g/mol. The number of hydrogen-bond acceptors (Lipinski definition) is 4. The van der Waals surface area contributed by atoms with Gasteiger partial charge in [0.05, 0.1) is 0 Å². The molecule has 2 amide bonds. The Kier molecular flexibility index (Phi) is 6.18. The highest BCUT2D eigenvalue weighted by atomic mass is 19.3. The van der Waals surface area contributed by atoms with Gasteiger partial charge in [0.1, 0.15) is 18.2 Å². The van der Waals surface area contributed by atoms with Gasteiger partial charge in [-0.3, -0.25) is 9.59 Å². The molecule has 2 aromatic rings. The van der Waals surface area contributed by atoms with Crippen LogP contribution in [-0.4, -0.2) is 29.8 Å². The van der Waals surface area contributed by atoms with Crippen LogP contribution >= 0.6 is 0 Å². The van der Waals surface area contributed by atoms with Gasteiger partial charge in [0.2, 0.25) is 5.91 Å². The van der Waals surface area contributed by atoms with E-state index in [1.807, 2.05) is 0 Å². The second kappa shape index (κ2) is 8.77. The zero-order chi connectivity index (χ0) is 20.1. The SMILES string of the molecule is Cc1c(CNC(=O)c2ccnc(NC(=O)C3CC3)c2)cccc1OCC(F)F. The summed E-state index contributed by atoms with van der Waals surface area (Å²) in [6, 6.07) is 8.16. The van der Waals surface area contributed by atoms with E-state index in [-0.39, 0.29) is 24.3 Å². The summed E-state index contributed by atoms with van der Waals surface area (Å²) in [6.07, 6.45) is 0.669. The minimum absolute atomic E-state index is 0.0434. The van der Waals surface area contributed by atoms with E-state index in [2.05, 4.69) is 15.6 Å². The van der Waals surface area contributed by atoms with Gasteiger partial charge >= 0.3 is 0 Å². The molecule has 1 fully saturated rings. The summed E-state index contributed by atoms with van der Waals surface area (Å²) in [5.74, 6) is 0.329. The van der Waals surface area contributed by atoms with Crippen LogP contribution in [0.2, 0.25) is 0 Å². The molecule has 0 radical (unpaired) electrons.